The van der Waals surface area contributed by atoms with Gasteiger partial charge in [-0.3, -0.25) is 4.79 Å². The van der Waals surface area contributed by atoms with Crippen molar-refractivity contribution in [3.8, 4) is 22.6 Å². The average molecular weight is 255 g/mol. The van der Waals surface area contributed by atoms with E-state index in [4.69, 9.17) is 9.47 Å². The molecular weight excluding hydrogens is 240 g/mol. The highest BCUT2D eigenvalue weighted by Gasteiger charge is 2.07. The number of ether oxygens (including phenoxy) is 2. The highest BCUT2D eigenvalue weighted by molar-refractivity contribution is 5.73. The molecule has 0 spiro atoms. The Bertz CT molecular complexity index is 576. The zero-order valence-corrected chi connectivity index (χ0v) is 11.0. The molecule has 0 heterocycles. The highest BCUT2D eigenvalue weighted by atomic mass is 16.5. The first kappa shape index (κ1) is 13.1. The molecular formula is C16H15O3. The van der Waals surface area contributed by atoms with Gasteiger partial charge < -0.3 is 9.47 Å². The standard InChI is InChI=1S/C16H15O3/c1-3-18-16-10-5-4-9-15(16)13-7-6-8-14(11-13)19-12(2)17/h4-9,11H,3H2,1-2H3. The molecule has 0 aliphatic rings. The molecule has 0 aliphatic heterocycles. The van der Waals surface area contributed by atoms with E-state index < -0.39 is 0 Å². The van der Waals surface area contributed by atoms with E-state index in [0.717, 1.165) is 11.1 Å². The van der Waals surface area contributed by atoms with Crippen LogP contribution in [0.2, 0.25) is 0 Å². The minimum atomic E-state index is -0.332. The first-order chi connectivity index (χ1) is 9.20. The van der Waals surface area contributed by atoms with Gasteiger partial charge in [-0.2, -0.15) is 0 Å². The third kappa shape index (κ3) is 3.35. The summed E-state index contributed by atoms with van der Waals surface area (Å²) in [4.78, 5) is 11.0. The Morgan fingerprint density at radius 1 is 1.26 bits per heavy atom. The number of esters is 1. The third-order valence-corrected chi connectivity index (χ3v) is 2.51. The van der Waals surface area contributed by atoms with Crippen LogP contribution in [0.4, 0.5) is 0 Å². The van der Waals surface area contributed by atoms with Crippen LogP contribution in [-0.2, 0) is 4.79 Å². The fourth-order valence-corrected chi connectivity index (χ4v) is 1.81. The molecule has 2 aromatic carbocycles. The quantitative estimate of drug-likeness (QED) is 0.619. The van der Waals surface area contributed by atoms with Crippen LogP contribution in [0, 0.1) is 6.07 Å². The maximum atomic E-state index is 11.0. The fraction of sp³-hybridized carbons (Fsp3) is 0.188. The molecule has 3 heteroatoms. The number of hydrogen-bond acceptors (Lipinski definition) is 3. The van der Waals surface area contributed by atoms with E-state index in [1.54, 1.807) is 6.07 Å². The number of carbonyl (C=O) groups excluding carboxylic acids is 1. The van der Waals surface area contributed by atoms with Crippen molar-refractivity contribution in [2.45, 2.75) is 13.8 Å². The van der Waals surface area contributed by atoms with Gasteiger partial charge in [-0.15, -0.1) is 0 Å². The minimum Gasteiger partial charge on any atom is -0.493 e. The molecule has 0 aromatic heterocycles. The van der Waals surface area contributed by atoms with Crippen LogP contribution in [0.5, 0.6) is 11.5 Å². The van der Waals surface area contributed by atoms with E-state index in [0.29, 0.717) is 18.1 Å². The molecule has 97 valence electrons. The van der Waals surface area contributed by atoms with Crippen molar-refractivity contribution in [3.05, 3.63) is 48.5 Å². The van der Waals surface area contributed by atoms with Crippen molar-refractivity contribution in [1.82, 2.24) is 0 Å². The maximum absolute atomic E-state index is 11.0. The molecule has 0 atom stereocenters. The van der Waals surface area contributed by atoms with Crippen LogP contribution < -0.4 is 9.47 Å². The Morgan fingerprint density at radius 3 is 2.84 bits per heavy atom. The lowest BCUT2D eigenvalue weighted by atomic mass is 10.0. The van der Waals surface area contributed by atoms with Gasteiger partial charge in [-0.1, -0.05) is 30.3 Å². The largest absolute Gasteiger partial charge is 0.493 e. The molecule has 19 heavy (non-hydrogen) atoms. The van der Waals surface area contributed by atoms with Crippen molar-refractivity contribution in [1.29, 1.82) is 0 Å². The Labute approximate surface area is 112 Å². The molecule has 0 fully saturated rings. The zero-order valence-electron chi connectivity index (χ0n) is 11.0. The zero-order chi connectivity index (χ0) is 13.7. The van der Waals surface area contributed by atoms with Gasteiger partial charge in [0, 0.05) is 18.6 Å². The molecule has 0 aliphatic carbocycles. The topological polar surface area (TPSA) is 35.5 Å². The predicted octanol–water partition coefficient (Wildman–Crippen LogP) is 3.48. The van der Waals surface area contributed by atoms with Gasteiger partial charge in [-0.25, -0.2) is 0 Å². The molecule has 0 saturated heterocycles. The molecule has 0 bridgehead atoms. The summed E-state index contributed by atoms with van der Waals surface area (Å²) >= 11 is 0. The fourth-order valence-electron chi connectivity index (χ4n) is 1.81. The maximum Gasteiger partial charge on any atom is 0.308 e. The Hall–Kier alpha value is -2.29. The Morgan fingerprint density at radius 2 is 2.11 bits per heavy atom. The van der Waals surface area contributed by atoms with Gasteiger partial charge in [-0.05, 0) is 24.6 Å². The predicted molar refractivity (Wildman–Crippen MR) is 73.2 cm³/mol. The first-order valence-corrected chi connectivity index (χ1v) is 6.13. The van der Waals surface area contributed by atoms with Gasteiger partial charge in [0.15, 0.2) is 0 Å². The molecule has 0 saturated carbocycles. The van der Waals surface area contributed by atoms with Gasteiger partial charge >= 0.3 is 5.97 Å². The number of carbonyl (C=O) groups is 1. The Balaban J connectivity index is 2.38. The van der Waals surface area contributed by atoms with E-state index >= 15 is 0 Å². The second-order valence-electron chi connectivity index (χ2n) is 3.97. The van der Waals surface area contributed by atoms with Crippen molar-refractivity contribution >= 4 is 5.97 Å². The van der Waals surface area contributed by atoms with Crippen molar-refractivity contribution in [2.75, 3.05) is 6.61 Å². The summed E-state index contributed by atoms with van der Waals surface area (Å²) in [5.74, 6) is 0.892. The van der Waals surface area contributed by atoms with Gasteiger partial charge in [0.25, 0.3) is 0 Å². The van der Waals surface area contributed by atoms with Gasteiger partial charge in [0.1, 0.15) is 11.5 Å². The van der Waals surface area contributed by atoms with Crippen LogP contribution >= 0.6 is 0 Å². The van der Waals surface area contributed by atoms with E-state index in [9.17, 15) is 4.79 Å². The van der Waals surface area contributed by atoms with E-state index in [1.165, 1.54) is 6.92 Å². The van der Waals surface area contributed by atoms with Crippen molar-refractivity contribution in [3.63, 3.8) is 0 Å². The molecule has 0 amide bonds. The third-order valence-electron chi connectivity index (χ3n) is 2.51. The summed E-state index contributed by atoms with van der Waals surface area (Å²) < 4.78 is 10.6. The molecule has 1 radical (unpaired) electrons. The Kier molecular flexibility index (Phi) is 4.18. The summed E-state index contributed by atoms with van der Waals surface area (Å²) in [5.41, 5.74) is 1.86. The second-order valence-corrected chi connectivity index (χ2v) is 3.97. The van der Waals surface area contributed by atoms with Crippen LogP contribution in [0.25, 0.3) is 11.1 Å². The molecule has 2 rings (SSSR count). The summed E-state index contributed by atoms with van der Waals surface area (Å²) in [6.07, 6.45) is 0. The van der Waals surface area contributed by atoms with Crippen molar-refractivity contribution in [2.24, 2.45) is 0 Å². The van der Waals surface area contributed by atoms with E-state index in [2.05, 4.69) is 6.07 Å². The SMILES string of the molecule is CCOc1[c]cccc1-c1cccc(OC(C)=O)c1. The molecule has 3 nitrogen and oxygen atoms in total. The summed E-state index contributed by atoms with van der Waals surface area (Å²) in [6, 6.07) is 16.1. The van der Waals surface area contributed by atoms with Gasteiger partial charge in [0.2, 0.25) is 0 Å². The summed E-state index contributed by atoms with van der Waals surface area (Å²) in [5, 5.41) is 0. The van der Waals surface area contributed by atoms with Crippen molar-refractivity contribution < 1.29 is 14.3 Å². The lowest BCUT2D eigenvalue weighted by Crippen LogP contribution is -2.01. The monoisotopic (exact) mass is 255 g/mol. The smallest absolute Gasteiger partial charge is 0.308 e. The molecule has 0 unspecified atom stereocenters. The van der Waals surface area contributed by atoms with Gasteiger partial charge in [0.05, 0.1) is 6.61 Å². The normalized spacial score (nSPS) is 10.0. The number of hydrogen-bond donors (Lipinski definition) is 0. The van der Waals surface area contributed by atoms with Crippen LogP contribution in [0.1, 0.15) is 13.8 Å². The summed E-state index contributed by atoms with van der Waals surface area (Å²) in [6.45, 7) is 3.89. The van der Waals surface area contributed by atoms with Crippen LogP contribution in [0.15, 0.2) is 42.5 Å². The molecule has 0 N–H and O–H groups in total. The van der Waals surface area contributed by atoms with Crippen LogP contribution in [-0.4, -0.2) is 12.6 Å². The van der Waals surface area contributed by atoms with Crippen LogP contribution in [0.3, 0.4) is 0 Å². The number of para-hydroxylation sites is 1. The first-order valence-electron chi connectivity index (χ1n) is 6.13. The summed E-state index contributed by atoms with van der Waals surface area (Å²) in [7, 11) is 0. The molecule has 2 aromatic rings. The lowest BCUT2D eigenvalue weighted by molar-refractivity contribution is -0.131. The average Bonchev–Trinajstić information content (AvgIpc) is 2.39. The lowest BCUT2D eigenvalue weighted by Gasteiger charge is -2.10. The number of benzene rings is 2. The van der Waals surface area contributed by atoms with E-state index in [-0.39, 0.29) is 5.97 Å². The van der Waals surface area contributed by atoms with E-state index in [1.807, 2.05) is 43.3 Å². The second kappa shape index (κ2) is 6.05. The highest BCUT2D eigenvalue weighted by Crippen LogP contribution is 2.31. The number of rotatable bonds is 4. The minimum absolute atomic E-state index is 0.332.